The van der Waals surface area contributed by atoms with Gasteiger partial charge in [-0.2, -0.15) is 9.99 Å². The molecule has 1 aliphatic heterocycles. The number of nitrogens with zero attached hydrogens (tertiary/aromatic N) is 3. The minimum absolute atomic E-state index is 0.0178. The maximum atomic E-state index is 13.2. The van der Waals surface area contributed by atoms with Crippen LogP contribution in [0.3, 0.4) is 0 Å². The second kappa shape index (κ2) is 8.13. The molecule has 172 valence electrons. The molecule has 2 heterocycles. The van der Waals surface area contributed by atoms with E-state index in [0.29, 0.717) is 10.3 Å². The molecule has 0 atom stereocenters. The summed E-state index contributed by atoms with van der Waals surface area (Å²) in [4.78, 5) is 26.8. The van der Waals surface area contributed by atoms with E-state index in [1.54, 1.807) is 13.8 Å². The van der Waals surface area contributed by atoms with Crippen LogP contribution in [0.4, 0.5) is 11.4 Å². The first-order valence-electron chi connectivity index (χ1n) is 9.91. The number of carbonyl (C=O) groups is 2. The van der Waals surface area contributed by atoms with Gasteiger partial charge in [0.1, 0.15) is 5.69 Å². The molecule has 0 saturated carbocycles. The van der Waals surface area contributed by atoms with E-state index in [0.717, 1.165) is 11.1 Å². The van der Waals surface area contributed by atoms with Gasteiger partial charge in [0.25, 0.3) is 21.8 Å². The Morgan fingerprint density at radius 1 is 1.06 bits per heavy atom. The summed E-state index contributed by atoms with van der Waals surface area (Å²) in [5.41, 5.74) is -0.667. The Morgan fingerprint density at radius 2 is 1.71 bits per heavy atom. The van der Waals surface area contributed by atoms with Crippen LogP contribution in [0.25, 0.3) is 0 Å². The van der Waals surface area contributed by atoms with Crippen LogP contribution >= 0.6 is 11.6 Å². The molecule has 0 radical (unpaired) electrons. The predicted octanol–water partition coefficient (Wildman–Crippen LogP) is 3.38. The molecule has 0 aliphatic carbocycles. The fourth-order valence-electron chi connectivity index (χ4n) is 3.54. The van der Waals surface area contributed by atoms with Gasteiger partial charge in [-0.1, -0.05) is 23.7 Å². The predicted molar refractivity (Wildman–Crippen MR) is 124 cm³/mol. The number of pyridine rings is 1. The molecule has 3 aromatic rings. The highest BCUT2D eigenvalue weighted by molar-refractivity contribution is 7.92. The number of hydrogen-bond donors (Lipinski definition) is 1. The summed E-state index contributed by atoms with van der Waals surface area (Å²) in [6.45, 7) is 3.42. The zero-order chi connectivity index (χ0) is 24.8. The Morgan fingerprint density at radius 3 is 2.32 bits per heavy atom. The lowest BCUT2D eigenvalue weighted by Crippen LogP contribution is -2.33. The third-order valence-corrected chi connectivity index (χ3v) is 7.11. The molecule has 0 spiro atoms. The first-order chi connectivity index (χ1) is 16.0. The number of hydrogen-bond acceptors (Lipinski definition) is 6. The Bertz CT molecular complexity index is 1490. The lowest BCUT2D eigenvalue weighted by atomic mass is 9.87. The minimum atomic E-state index is -4.16. The molecular weight excluding hydrogens is 480 g/mol. The SMILES string of the molecule is CC(C)(C#N)c1ccc(S(=O)(=O)Nc2ccc(Cl)c3c2C(=O)N(c2ccc[n+]([O-])c2)C3=O)cc1. The standard InChI is InChI=1S/C23H17ClN4O5S/c1-23(2,13-25)14-5-7-16(8-6-14)34(32,33)26-18-10-9-17(24)19-20(18)22(30)28(21(19)29)15-4-3-11-27(31)12-15/h3-12,26H,1-2H3. The smallest absolute Gasteiger partial charge is 0.268 e. The average Bonchev–Trinajstić information content (AvgIpc) is 3.07. The van der Waals surface area contributed by atoms with Gasteiger partial charge in [-0.05, 0) is 49.7 Å². The number of sulfonamides is 1. The average molecular weight is 497 g/mol. The first-order valence-corrected chi connectivity index (χ1v) is 11.8. The van der Waals surface area contributed by atoms with Crippen molar-refractivity contribution in [2.24, 2.45) is 0 Å². The number of imide groups is 1. The number of amides is 2. The van der Waals surface area contributed by atoms with Crippen molar-refractivity contribution in [3.63, 3.8) is 0 Å². The second-order valence-electron chi connectivity index (χ2n) is 8.08. The Kier molecular flexibility index (Phi) is 5.55. The molecule has 0 unspecified atom stereocenters. The Hall–Kier alpha value is -3.94. The topological polar surface area (TPSA) is 134 Å². The van der Waals surface area contributed by atoms with Crippen molar-refractivity contribution in [3.8, 4) is 6.07 Å². The number of fused-ring (bicyclic) bond motifs is 1. The van der Waals surface area contributed by atoms with Crippen molar-refractivity contribution in [2.45, 2.75) is 24.2 Å². The van der Waals surface area contributed by atoms with Gasteiger partial charge in [0.05, 0.1) is 38.2 Å². The Labute approximate surface area is 200 Å². The fraction of sp³-hybridized carbons (Fsp3) is 0.130. The second-order valence-corrected chi connectivity index (χ2v) is 10.2. The van der Waals surface area contributed by atoms with Crippen molar-refractivity contribution >= 4 is 44.8 Å². The van der Waals surface area contributed by atoms with Crippen molar-refractivity contribution in [1.82, 2.24) is 0 Å². The van der Waals surface area contributed by atoms with Gasteiger partial charge < -0.3 is 5.21 Å². The monoisotopic (exact) mass is 496 g/mol. The van der Waals surface area contributed by atoms with Crippen LogP contribution in [0, 0.1) is 16.5 Å². The number of nitrogens with one attached hydrogen (secondary N) is 1. The molecule has 2 aromatic carbocycles. The lowest BCUT2D eigenvalue weighted by molar-refractivity contribution is -0.604. The minimum Gasteiger partial charge on any atom is -0.619 e. The molecule has 0 fully saturated rings. The summed E-state index contributed by atoms with van der Waals surface area (Å²) in [5.74, 6) is -1.60. The van der Waals surface area contributed by atoms with Gasteiger partial charge in [-0.25, -0.2) is 13.3 Å². The summed E-state index contributed by atoms with van der Waals surface area (Å²) in [5, 5.41) is 20.9. The third-order valence-electron chi connectivity index (χ3n) is 5.42. The van der Waals surface area contributed by atoms with Crippen molar-refractivity contribution in [2.75, 3.05) is 9.62 Å². The van der Waals surface area contributed by atoms with Crippen LogP contribution in [0.5, 0.6) is 0 Å². The summed E-state index contributed by atoms with van der Waals surface area (Å²) in [6, 6.07) is 13.3. The maximum Gasteiger partial charge on any atom is 0.268 e. The number of carbonyl (C=O) groups excluding carboxylic acids is 2. The highest BCUT2D eigenvalue weighted by Gasteiger charge is 2.42. The third kappa shape index (κ3) is 3.85. The van der Waals surface area contributed by atoms with Gasteiger partial charge in [0, 0.05) is 6.07 Å². The highest BCUT2D eigenvalue weighted by atomic mass is 35.5. The molecule has 11 heteroatoms. The van der Waals surface area contributed by atoms with E-state index in [4.69, 9.17) is 11.6 Å². The van der Waals surface area contributed by atoms with Gasteiger partial charge in [-0.15, -0.1) is 0 Å². The number of rotatable bonds is 5. The summed E-state index contributed by atoms with van der Waals surface area (Å²) in [6.07, 6.45) is 2.24. The van der Waals surface area contributed by atoms with Crippen LogP contribution < -0.4 is 14.4 Å². The fourth-order valence-corrected chi connectivity index (χ4v) is 4.85. The number of nitriles is 1. The number of halogens is 1. The molecule has 34 heavy (non-hydrogen) atoms. The van der Waals surface area contributed by atoms with E-state index in [1.165, 1.54) is 54.7 Å². The molecule has 2 amide bonds. The normalized spacial score (nSPS) is 13.5. The van der Waals surface area contributed by atoms with Gasteiger partial charge in [0.2, 0.25) is 6.20 Å². The maximum absolute atomic E-state index is 13.2. The zero-order valence-corrected chi connectivity index (χ0v) is 19.5. The molecule has 0 saturated heterocycles. The van der Waals surface area contributed by atoms with E-state index in [1.807, 2.05) is 0 Å². The summed E-state index contributed by atoms with van der Waals surface area (Å²) in [7, 11) is -4.16. The molecule has 1 N–H and O–H groups in total. The molecular formula is C23H17ClN4O5S. The van der Waals surface area contributed by atoms with E-state index >= 15 is 0 Å². The van der Waals surface area contributed by atoms with Crippen LogP contribution in [0.2, 0.25) is 5.02 Å². The van der Waals surface area contributed by atoms with Gasteiger partial charge in [0.15, 0.2) is 6.20 Å². The number of benzene rings is 2. The van der Waals surface area contributed by atoms with Crippen LogP contribution in [0.1, 0.15) is 40.1 Å². The quantitative estimate of drug-likeness (QED) is 0.327. The van der Waals surface area contributed by atoms with Crippen molar-refractivity contribution < 1.29 is 22.7 Å². The molecule has 1 aliphatic rings. The van der Waals surface area contributed by atoms with Crippen molar-refractivity contribution in [3.05, 3.63) is 87.8 Å². The van der Waals surface area contributed by atoms with E-state index in [-0.39, 0.29) is 32.4 Å². The van der Waals surface area contributed by atoms with Crippen LogP contribution in [-0.2, 0) is 15.4 Å². The largest absolute Gasteiger partial charge is 0.619 e. The summed E-state index contributed by atoms with van der Waals surface area (Å²) < 4.78 is 28.9. The van der Waals surface area contributed by atoms with Gasteiger partial charge >= 0.3 is 0 Å². The van der Waals surface area contributed by atoms with Crippen molar-refractivity contribution in [1.29, 1.82) is 5.26 Å². The van der Waals surface area contributed by atoms with E-state index in [2.05, 4.69) is 10.8 Å². The van der Waals surface area contributed by atoms with Crippen LogP contribution in [-0.4, -0.2) is 20.2 Å². The zero-order valence-electron chi connectivity index (χ0n) is 17.9. The van der Waals surface area contributed by atoms with E-state index in [9.17, 15) is 28.5 Å². The lowest BCUT2D eigenvalue weighted by Gasteiger charge is -2.16. The van der Waals surface area contributed by atoms with Gasteiger partial charge in [-0.3, -0.25) is 14.3 Å². The molecule has 4 rings (SSSR count). The first kappa shape index (κ1) is 23.2. The van der Waals surface area contributed by atoms with E-state index < -0.39 is 27.3 Å². The number of aromatic nitrogens is 1. The molecule has 1 aromatic heterocycles. The van der Waals surface area contributed by atoms with Crippen LogP contribution in [0.15, 0.2) is 65.8 Å². The summed E-state index contributed by atoms with van der Waals surface area (Å²) >= 11 is 6.18. The molecule has 9 nitrogen and oxygen atoms in total. The highest BCUT2D eigenvalue weighted by Crippen LogP contribution is 2.37. The Balaban J connectivity index is 1.73. The number of anilines is 2. The molecule has 0 bridgehead atoms.